The average molecular weight is 384 g/mol. The standard InChI is InChI=1S/C24H20N2O3/c1-15-7-8-16(2)20(11-15)23-18-5-3-4-6-19(18)24(27)26(25-23)13-17-9-10-21-22(12-17)29-14-28-21/h3-12H,13-14H2,1-2H3. The zero-order valence-electron chi connectivity index (χ0n) is 16.3. The number of aryl methyl sites for hydroxylation is 2. The highest BCUT2D eigenvalue weighted by Crippen LogP contribution is 2.33. The van der Waals surface area contributed by atoms with E-state index >= 15 is 0 Å². The predicted octanol–water partition coefficient (Wildman–Crippen LogP) is 4.46. The number of hydrogen-bond acceptors (Lipinski definition) is 4. The first-order valence-electron chi connectivity index (χ1n) is 9.56. The Bertz CT molecular complexity index is 1310. The molecular weight excluding hydrogens is 364 g/mol. The summed E-state index contributed by atoms with van der Waals surface area (Å²) in [6.07, 6.45) is 0. The van der Waals surface area contributed by atoms with Crippen molar-refractivity contribution >= 4 is 10.8 Å². The molecule has 0 radical (unpaired) electrons. The van der Waals surface area contributed by atoms with Crippen molar-refractivity contribution in [3.8, 4) is 22.8 Å². The van der Waals surface area contributed by atoms with Crippen molar-refractivity contribution in [3.05, 3.63) is 87.7 Å². The lowest BCUT2D eigenvalue weighted by Crippen LogP contribution is -2.24. The summed E-state index contributed by atoms with van der Waals surface area (Å²) >= 11 is 0. The summed E-state index contributed by atoms with van der Waals surface area (Å²) in [5.41, 5.74) is 4.98. The lowest BCUT2D eigenvalue weighted by molar-refractivity contribution is 0.174. The van der Waals surface area contributed by atoms with Gasteiger partial charge in [0.05, 0.1) is 17.6 Å². The van der Waals surface area contributed by atoms with E-state index in [1.807, 2.05) is 42.5 Å². The highest BCUT2D eigenvalue weighted by Gasteiger charge is 2.16. The fourth-order valence-electron chi connectivity index (χ4n) is 3.74. The first kappa shape index (κ1) is 17.5. The van der Waals surface area contributed by atoms with Gasteiger partial charge in [-0.15, -0.1) is 0 Å². The van der Waals surface area contributed by atoms with Gasteiger partial charge in [0, 0.05) is 10.9 Å². The summed E-state index contributed by atoms with van der Waals surface area (Å²) in [4.78, 5) is 13.1. The normalized spacial score (nSPS) is 12.5. The number of nitrogens with zero attached hydrogens (tertiary/aromatic N) is 2. The molecule has 0 unspecified atom stereocenters. The largest absolute Gasteiger partial charge is 0.454 e. The molecule has 0 spiro atoms. The summed E-state index contributed by atoms with van der Waals surface area (Å²) in [6.45, 7) is 4.72. The Morgan fingerprint density at radius 3 is 2.59 bits per heavy atom. The van der Waals surface area contributed by atoms with Crippen molar-refractivity contribution in [2.24, 2.45) is 0 Å². The molecule has 3 aromatic carbocycles. The maximum Gasteiger partial charge on any atom is 0.274 e. The van der Waals surface area contributed by atoms with E-state index in [2.05, 4.69) is 32.0 Å². The molecule has 2 heterocycles. The van der Waals surface area contributed by atoms with Crippen LogP contribution in [0.25, 0.3) is 22.0 Å². The number of ether oxygens (including phenoxy) is 2. The molecule has 5 heteroatoms. The van der Waals surface area contributed by atoms with Crippen molar-refractivity contribution in [1.29, 1.82) is 0 Å². The molecule has 4 aromatic rings. The van der Waals surface area contributed by atoms with Crippen LogP contribution in [0, 0.1) is 13.8 Å². The van der Waals surface area contributed by atoms with Gasteiger partial charge in [0.25, 0.3) is 5.56 Å². The lowest BCUT2D eigenvalue weighted by atomic mass is 9.99. The molecule has 29 heavy (non-hydrogen) atoms. The molecule has 1 aliphatic rings. The van der Waals surface area contributed by atoms with Gasteiger partial charge in [0.15, 0.2) is 11.5 Å². The smallest absolute Gasteiger partial charge is 0.274 e. The Labute approximate surface area is 168 Å². The number of aromatic nitrogens is 2. The van der Waals surface area contributed by atoms with Crippen LogP contribution in [-0.2, 0) is 6.54 Å². The average Bonchev–Trinajstić information content (AvgIpc) is 3.20. The van der Waals surface area contributed by atoms with Gasteiger partial charge in [-0.05, 0) is 49.2 Å². The van der Waals surface area contributed by atoms with Crippen molar-refractivity contribution < 1.29 is 9.47 Å². The molecular formula is C24H20N2O3. The first-order chi connectivity index (χ1) is 14.1. The molecule has 5 rings (SSSR count). The Balaban J connectivity index is 1.69. The van der Waals surface area contributed by atoms with Crippen LogP contribution in [0.15, 0.2) is 65.5 Å². The fourth-order valence-corrected chi connectivity index (χ4v) is 3.74. The minimum Gasteiger partial charge on any atom is -0.454 e. The number of hydrogen-bond donors (Lipinski definition) is 0. The van der Waals surface area contributed by atoms with Crippen molar-refractivity contribution in [2.75, 3.05) is 6.79 Å². The lowest BCUT2D eigenvalue weighted by Gasteiger charge is -2.14. The van der Waals surface area contributed by atoms with Gasteiger partial charge in [0.2, 0.25) is 6.79 Å². The molecule has 0 fully saturated rings. The van der Waals surface area contributed by atoms with Crippen LogP contribution in [-0.4, -0.2) is 16.6 Å². The Morgan fingerprint density at radius 2 is 1.72 bits per heavy atom. The molecule has 0 amide bonds. The number of rotatable bonds is 3. The van der Waals surface area contributed by atoms with Crippen LogP contribution in [0.4, 0.5) is 0 Å². The van der Waals surface area contributed by atoms with Crippen molar-refractivity contribution in [3.63, 3.8) is 0 Å². The monoisotopic (exact) mass is 384 g/mol. The fraction of sp³-hybridized carbons (Fsp3) is 0.167. The zero-order chi connectivity index (χ0) is 20.0. The second-order valence-electron chi connectivity index (χ2n) is 7.36. The van der Waals surface area contributed by atoms with E-state index in [-0.39, 0.29) is 12.4 Å². The summed E-state index contributed by atoms with van der Waals surface area (Å²) in [7, 11) is 0. The molecule has 0 aliphatic carbocycles. The molecule has 5 nitrogen and oxygen atoms in total. The molecule has 144 valence electrons. The summed E-state index contributed by atoms with van der Waals surface area (Å²) in [5.74, 6) is 1.43. The summed E-state index contributed by atoms with van der Waals surface area (Å²) in [5, 5.41) is 6.33. The molecule has 0 saturated carbocycles. The van der Waals surface area contributed by atoms with E-state index in [0.717, 1.165) is 39.1 Å². The SMILES string of the molecule is Cc1ccc(C)c(-c2nn(Cc3ccc4c(c3)OCO4)c(=O)c3ccccc23)c1. The van der Waals surface area contributed by atoms with Crippen molar-refractivity contribution in [2.45, 2.75) is 20.4 Å². The molecule has 1 aromatic heterocycles. The highest BCUT2D eigenvalue weighted by molar-refractivity contribution is 5.94. The third-order valence-corrected chi connectivity index (χ3v) is 5.29. The van der Waals surface area contributed by atoms with Gasteiger partial charge in [-0.1, -0.05) is 42.0 Å². The number of fused-ring (bicyclic) bond motifs is 2. The van der Waals surface area contributed by atoms with E-state index in [0.29, 0.717) is 17.7 Å². The minimum absolute atomic E-state index is 0.104. The third kappa shape index (κ3) is 3.05. The van der Waals surface area contributed by atoms with Gasteiger partial charge in [-0.3, -0.25) is 4.79 Å². The van der Waals surface area contributed by atoms with Gasteiger partial charge in [-0.25, -0.2) is 4.68 Å². The topological polar surface area (TPSA) is 53.4 Å². The van der Waals surface area contributed by atoms with E-state index in [9.17, 15) is 4.79 Å². The van der Waals surface area contributed by atoms with Crippen LogP contribution >= 0.6 is 0 Å². The third-order valence-electron chi connectivity index (χ3n) is 5.29. The van der Waals surface area contributed by atoms with Crippen LogP contribution in [0.5, 0.6) is 11.5 Å². The molecule has 0 saturated heterocycles. The molecule has 0 atom stereocenters. The Morgan fingerprint density at radius 1 is 0.931 bits per heavy atom. The predicted molar refractivity (Wildman–Crippen MR) is 113 cm³/mol. The van der Waals surface area contributed by atoms with E-state index in [4.69, 9.17) is 14.6 Å². The van der Waals surface area contributed by atoms with Gasteiger partial charge < -0.3 is 9.47 Å². The summed E-state index contributed by atoms with van der Waals surface area (Å²) in [6, 6.07) is 19.7. The highest BCUT2D eigenvalue weighted by atomic mass is 16.7. The van der Waals surface area contributed by atoms with Gasteiger partial charge >= 0.3 is 0 Å². The minimum atomic E-state index is -0.104. The van der Waals surface area contributed by atoms with E-state index in [1.165, 1.54) is 4.68 Å². The van der Waals surface area contributed by atoms with E-state index in [1.54, 1.807) is 0 Å². The first-order valence-corrected chi connectivity index (χ1v) is 9.56. The number of benzene rings is 3. The maximum absolute atomic E-state index is 13.1. The Kier molecular flexibility index (Phi) is 4.09. The molecule has 1 aliphatic heterocycles. The van der Waals surface area contributed by atoms with Crippen LogP contribution in [0.3, 0.4) is 0 Å². The second kappa shape index (κ2) is 6.78. The quantitative estimate of drug-likeness (QED) is 0.523. The van der Waals surface area contributed by atoms with Crippen LogP contribution in [0.1, 0.15) is 16.7 Å². The summed E-state index contributed by atoms with van der Waals surface area (Å²) < 4.78 is 12.4. The Hall–Kier alpha value is -3.60. The zero-order valence-corrected chi connectivity index (χ0v) is 16.3. The van der Waals surface area contributed by atoms with E-state index < -0.39 is 0 Å². The second-order valence-corrected chi connectivity index (χ2v) is 7.36. The van der Waals surface area contributed by atoms with Gasteiger partial charge in [-0.2, -0.15) is 5.10 Å². The molecule has 0 N–H and O–H groups in total. The van der Waals surface area contributed by atoms with Crippen LogP contribution < -0.4 is 15.0 Å². The van der Waals surface area contributed by atoms with Gasteiger partial charge in [0.1, 0.15) is 0 Å². The molecule has 0 bridgehead atoms. The van der Waals surface area contributed by atoms with Crippen molar-refractivity contribution in [1.82, 2.24) is 9.78 Å². The van der Waals surface area contributed by atoms with Crippen LogP contribution in [0.2, 0.25) is 0 Å². The maximum atomic E-state index is 13.1.